The number of aromatic nitrogens is 1. The summed E-state index contributed by atoms with van der Waals surface area (Å²) in [5.41, 5.74) is 2.95. The van der Waals surface area contributed by atoms with Crippen molar-refractivity contribution in [3.8, 4) is 17.1 Å². The lowest BCUT2D eigenvalue weighted by atomic mass is 10.0. The lowest BCUT2D eigenvalue weighted by Crippen LogP contribution is -2.16. The number of carbonyl (C=O) groups excluding carboxylic acids is 1. The van der Waals surface area contributed by atoms with Crippen molar-refractivity contribution in [3.63, 3.8) is 0 Å². The summed E-state index contributed by atoms with van der Waals surface area (Å²) in [6, 6.07) is 9.79. The van der Waals surface area contributed by atoms with Crippen molar-refractivity contribution >= 4 is 16.9 Å². The fourth-order valence-corrected chi connectivity index (χ4v) is 3.40. The number of aliphatic hydroxyl groups is 1. The molecule has 0 amide bonds. The highest BCUT2D eigenvalue weighted by Gasteiger charge is 2.12. The zero-order chi connectivity index (χ0) is 22.1. The van der Waals surface area contributed by atoms with Crippen LogP contribution >= 0.6 is 0 Å². The van der Waals surface area contributed by atoms with Gasteiger partial charge in [-0.25, -0.2) is 4.79 Å². The highest BCUT2D eigenvalue weighted by molar-refractivity contribution is 5.84. The van der Waals surface area contributed by atoms with Crippen LogP contribution in [0, 0.1) is 5.92 Å². The van der Waals surface area contributed by atoms with Crippen LogP contribution < -0.4 is 4.74 Å². The number of furan rings is 1. The lowest BCUT2D eigenvalue weighted by Gasteiger charge is -2.15. The summed E-state index contributed by atoms with van der Waals surface area (Å²) in [5, 5.41) is 10.6. The van der Waals surface area contributed by atoms with E-state index in [2.05, 4.69) is 18.5 Å². The summed E-state index contributed by atoms with van der Waals surface area (Å²) in [4.78, 5) is 15.2. The number of rotatable bonds is 12. The van der Waals surface area contributed by atoms with E-state index in [1.165, 1.54) is 5.56 Å². The number of ether oxygens (including phenoxy) is 2. The van der Waals surface area contributed by atoms with E-state index < -0.39 is 5.97 Å². The van der Waals surface area contributed by atoms with Gasteiger partial charge in [-0.05, 0) is 55.5 Å². The second-order valence-electron chi connectivity index (χ2n) is 7.42. The maximum absolute atomic E-state index is 11.0. The lowest BCUT2D eigenvalue weighted by molar-refractivity contribution is -0.137. The first kappa shape index (κ1) is 22.6. The third-order valence-corrected chi connectivity index (χ3v) is 5.21. The van der Waals surface area contributed by atoms with Crippen LogP contribution in [-0.2, 0) is 16.0 Å². The molecule has 0 saturated carbocycles. The largest absolute Gasteiger partial charge is 0.493 e. The second-order valence-corrected chi connectivity index (χ2v) is 7.42. The van der Waals surface area contributed by atoms with Crippen LogP contribution in [-0.4, -0.2) is 35.9 Å². The summed E-state index contributed by atoms with van der Waals surface area (Å²) in [6.07, 6.45) is 8.05. The molecule has 2 aromatic heterocycles. The minimum Gasteiger partial charge on any atom is -0.493 e. The standard InChI is InChI=1S/C25H29NO5/c1-3-19-10-11-26-15-22(19)24-13-20-8-9-21(14-23(20)31-24)30-17-18(16-27)7-5-6-12-29-25(28)4-2/h4,8-11,13-15,18,27H,2-3,5-7,12,16-17H2,1H3. The molecule has 31 heavy (non-hydrogen) atoms. The third kappa shape index (κ3) is 6.18. The number of hydrogen-bond donors (Lipinski definition) is 1. The van der Waals surface area contributed by atoms with Gasteiger partial charge >= 0.3 is 5.97 Å². The number of aryl methyl sites for hydroxylation is 1. The molecule has 0 bridgehead atoms. The SMILES string of the molecule is C=CC(=O)OCCCCC(CO)COc1ccc2cc(-c3cnccc3CC)oc2c1. The van der Waals surface area contributed by atoms with E-state index in [9.17, 15) is 9.90 Å². The van der Waals surface area contributed by atoms with Crippen molar-refractivity contribution in [1.29, 1.82) is 0 Å². The van der Waals surface area contributed by atoms with Gasteiger partial charge in [0.05, 0.1) is 13.2 Å². The van der Waals surface area contributed by atoms with E-state index in [4.69, 9.17) is 13.9 Å². The summed E-state index contributed by atoms with van der Waals surface area (Å²) < 4.78 is 16.9. The third-order valence-electron chi connectivity index (χ3n) is 5.21. The fraction of sp³-hybridized carbons (Fsp3) is 0.360. The number of unbranched alkanes of at least 4 members (excludes halogenated alkanes) is 1. The van der Waals surface area contributed by atoms with Crippen molar-refractivity contribution in [1.82, 2.24) is 4.98 Å². The Balaban J connectivity index is 1.56. The highest BCUT2D eigenvalue weighted by Crippen LogP contribution is 2.32. The molecule has 1 aromatic carbocycles. The predicted octanol–water partition coefficient (Wildman–Crippen LogP) is 4.94. The van der Waals surface area contributed by atoms with Crippen LogP contribution in [0.3, 0.4) is 0 Å². The average Bonchev–Trinajstić information content (AvgIpc) is 3.23. The van der Waals surface area contributed by atoms with Gasteiger partial charge < -0.3 is 19.0 Å². The Kier molecular flexibility index (Phi) is 8.24. The van der Waals surface area contributed by atoms with Gasteiger partial charge in [-0.3, -0.25) is 4.98 Å². The maximum atomic E-state index is 11.0. The van der Waals surface area contributed by atoms with Gasteiger partial charge in [0.2, 0.25) is 0 Å². The molecule has 1 N–H and O–H groups in total. The molecule has 0 spiro atoms. The van der Waals surface area contributed by atoms with Crippen molar-refractivity contribution < 1.29 is 23.8 Å². The van der Waals surface area contributed by atoms with Crippen molar-refractivity contribution in [3.05, 3.63) is 60.9 Å². The molecule has 0 radical (unpaired) electrons. The Morgan fingerprint density at radius 1 is 1.29 bits per heavy atom. The number of esters is 1. The van der Waals surface area contributed by atoms with Crippen LogP contribution in [0.4, 0.5) is 0 Å². The molecular formula is C25H29NO5. The molecule has 0 aliphatic heterocycles. The number of benzene rings is 1. The number of nitrogens with zero attached hydrogens (tertiary/aromatic N) is 1. The summed E-state index contributed by atoms with van der Waals surface area (Å²) in [5.74, 6) is 1.10. The van der Waals surface area contributed by atoms with Gasteiger partial charge in [-0.15, -0.1) is 0 Å². The van der Waals surface area contributed by atoms with Crippen LogP contribution in [0.15, 0.2) is 59.8 Å². The predicted molar refractivity (Wildman–Crippen MR) is 120 cm³/mol. The zero-order valence-electron chi connectivity index (χ0n) is 17.9. The molecule has 0 saturated heterocycles. The Labute approximate surface area is 182 Å². The van der Waals surface area contributed by atoms with E-state index >= 15 is 0 Å². The Bertz CT molecular complexity index is 1010. The number of fused-ring (bicyclic) bond motifs is 1. The van der Waals surface area contributed by atoms with Crippen LogP contribution in [0.5, 0.6) is 5.75 Å². The van der Waals surface area contributed by atoms with E-state index in [0.29, 0.717) is 19.0 Å². The molecule has 3 aromatic rings. The van der Waals surface area contributed by atoms with Crippen LogP contribution in [0.25, 0.3) is 22.3 Å². The Morgan fingerprint density at radius 3 is 2.94 bits per heavy atom. The molecule has 3 rings (SSSR count). The van der Waals surface area contributed by atoms with E-state index in [0.717, 1.165) is 54.1 Å². The van der Waals surface area contributed by atoms with Crippen molar-refractivity contribution in [2.24, 2.45) is 5.92 Å². The first-order valence-corrected chi connectivity index (χ1v) is 10.6. The minimum absolute atomic E-state index is 0.0143. The molecule has 1 atom stereocenters. The Hall–Kier alpha value is -3.12. The molecule has 164 valence electrons. The smallest absolute Gasteiger partial charge is 0.330 e. The minimum atomic E-state index is -0.409. The normalized spacial score (nSPS) is 11.9. The van der Waals surface area contributed by atoms with Crippen molar-refractivity contribution in [2.45, 2.75) is 32.6 Å². The number of hydrogen-bond acceptors (Lipinski definition) is 6. The van der Waals surface area contributed by atoms with Gasteiger partial charge in [0.25, 0.3) is 0 Å². The van der Waals surface area contributed by atoms with Gasteiger partial charge in [-0.2, -0.15) is 0 Å². The van der Waals surface area contributed by atoms with Crippen LogP contribution in [0.1, 0.15) is 31.7 Å². The van der Waals surface area contributed by atoms with Gasteiger partial charge in [0, 0.05) is 48.0 Å². The molecule has 0 fully saturated rings. The molecular weight excluding hydrogens is 394 g/mol. The topological polar surface area (TPSA) is 81.8 Å². The van der Waals surface area contributed by atoms with Gasteiger partial charge in [0.15, 0.2) is 0 Å². The van der Waals surface area contributed by atoms with E-state index in [-0.39, 0.29) is 12.5 Å². The van der Waals surface area contributed by atoms with E-state index in [1.54, 1.807) is 6.20 Å². The monoisotopic (exact) mass is 423 g/mol. The maximum Gasteiger partial charge on any atom is 0.330 e. The summed E-state index contributed by atoms with van der Waals surface area (Å²) >= 11 is 0. The summed E-state index contributed by atoms with van der Waals surface area (Å²) in [7, 11) is 0. The highest BCUT2D eigenvalue weighted by atomic mass is 16.5. The molecule has 0 aliphatic carbocycles. The van der Waals surface area contributed by atoms with Crippen LogP contribution in [0.2, 0.25) is 0 Å². The zero-order valence-corrected chi connectivity index (χ0v) is 17.9. The molecule has 0 aliphatic rings. The number of pyridine rings is 1. The molecule has 6 nitrogen and oxygen atoms in total. The summed E-state index contributed by atoms with van der Waals surface area (Å²) in [6.45, 7) is 6.28. The quantitative estimate of drug-likeness (QED) is 0.252. The van der Waals surface area contributed by atoms with Gasteiger partial charge in [-0.1, -0.05) is 13.5 Å². The molecule has 2 heterocycles. The average molecular weight is 424 g/mol. The number of aliphatic hydroxyl groups excluding tert-OH is 1. The van der Waals surface area contributed by atoms with Gasteiger partial charge in [0.1, 0.15) is 17.1 Å². The molecule has 1 unspecified atom stereocenters. The first-order chi connectivity index (χ1) is 15.1. The first-order valence-electron chi connectivity index (χ1n) is 10.6. The number of carbonyl (C=O) groups is 1. The van der Waals surface area contributed by atoms with E-state index in [1.807, 2.05) is 36.5 Å². The second kappa shape index (κ2) is 11.3. The Morgan fingerprint density at radius 2 is 2.16 bits per heavy atom. The van der Waals surface area contributed by atoms with Crippen molar-refractivity contribution in [2.75, 3.05) is 19.8 Å². The fourth-order valence-electron chi connectivity index (χ4n) is 3.40. The molecule has 6 heteroatoms.